The number of amides is 1. The summed E-state index contributed by atoms with van der Waals surface area (Å²) in [6, 6.07) is 14.9. The van der Waals surface area contributed by atoms with E-state index in [0.29, 0.717) is 5.56 Å². The smallest absolute Gasteiger partial charge is 0.251 e. The Bertz CT molecular complexity index is 882. The van der Waals surface area contributed by atoms with E-state index in [-0.39, 0.29) is 17.9 Å². The minimum absolute atomic E-state index is 0.117. The van der Waals surface area contributed by atoms with E-state index in [2.05, 4.69) is 19.2 Å². The molecule has 1 N–H and O–H groups in total. The van der Waals surface area contributed by atoms with Crippen molar-refractivity contribution in [1.82, 2.24) is 14.9 Å². The third-order valence-corrected chi connectivity index (χ3v) is 4.41. The Balaban J connectivity index is 1.90. The molecular weight excluding hydrogens is 314 g/mol. The monoisotopic (exact) mass is 337 g/mol. The zero-order valence-corrected chi connectivity index (χ0v) is 15.0. The number of nitrogens with one attached hydrogen (secondary N) is 1. The second-order valence-electron chi connectivity index (χ2n) is 6.44. The molecule has 0 bridgehead atoms. The summed E-state index contributed by atoms with van der Waals surface area (Å²) in [7, 11) is 3.59. The zero-order chi connectivity index (χ0) is 18.0. The number of fused-ring (bicyclic) bond motifs is 1. The molecule has 25 heavy (non-hydrogen) atoms. The van der Waals surface area contributed by atoms with Crippen molar-refractivity contribution in [3.05, 3.63) is 59.9 Å². The normalized spacial score (nSPS) is 12.4. The standard InChI is InChI=1S/C20H23N3O2/c1-13(2)18(19-21-16-7-5-6-8-17(16)23(19)3)22-20(24)14-9-11-15(25-4)12-10-14/h5-13,18H,1-4H3,(H,22,24)/t18-/m0/s1. The highest BCUT2D eigenvalue weighted by atomic mass is 16.5. The molecule has 0 radical (unpaired) electrons. The van der Waals surface area contributed by atoms with Crippen LogP contribution < -0.4 is 10.1 Å². The molecule has 0 spiro atoms. The summed E-state index contributed by atoms with van der Waals surface area (Å²) in [5.74, 6) is 1.68. The van der Waals surface area contributed by atoms with Gasteiger partial charge in [-0.05, 0) is 42.3 Å². The van der Waals surface area contributed by atoms with Crippen LogP contribution in [0.1, 0.15) is 36.1 Å². The fraction of sp³-hybridized carbons (Fsp3) is 0.300. The predicted octanol–water partition coefficient (Wildman–Crippen LogP) is 3.71. The van der Waals surface area contributed by atoms with Gasteiger partial charge >= 0.3 is 0 Å². The maximum atomic E-state index is 12.7. The molecule has 130 valence electrons. The van der Waals surface area contributed by atoms with Gasteiger partial charge in [-0.15, -0.1) is 0 Å². The molecule has 1 amide bonds. The lowest BCUT2D eigenvalue weighted by molar-refractivity contribution is 0.0922. The number of para-hydroxylation sites is 2. The zero-order valence-electron chi connectivity index (χ0n) is 15.0. The van der Waals surface area contributed by atoms with E-state index in [1.807, 2.05) is 35.9 Å². The summed E-state index contributed by atoms with van der Waals surface area (Å²) in [4.78, 5) is 17.4. The maximum Gasteiger partial charge on any atom is 0.251 e. The van der Waals surface area contributed by atoms with Gasteiger partial charge in [0, 0.05) is 12.6 Å². The molecule has 3 aromatic rings. The Morgan fingerprint density at radius 1 is 1.12 bits per heavy atom. The second kappa shape index (κ2) is 6.97. The van der Waals surface area contributed by atoms with Gasteiger partial charge in [0.2, 0.25) is 0 Å². The summed E-state index contributed by atoms with van der Waals surface area (Å²) in [5, 5.41) is 3.13. The first-order valence-corrected chi connectivity index (χ1v) is 8.37. The number of methoxy groups -OCH3 is 1. The van der Waals surface area contributed by atoms with Crippen molar-refractivity contribution < 1.29 is 9.53 Å². The van der Waals surface area contributed by atoms with Gasteiger partial charge in [0.25, 0.3) is 5.91 Å². The van der Waals surface area contributed by atoms with E-state index in [9.17, 15) is 4.79 Å². The van der Waals surface area contributed by atoms with Crippen LogP contribution in [0.5, 0.6) is 5.75 Å². The SMILES string of the molecule is COc1ccc(C(=O)N[C@H](c2nc3ccccc3n2C)C(C)C)cc1. The summed E-state index contributed by atoms with van der Waals surface area (Å²) >= 11 is 0. The summed E-state index contributed by atoms with van der Waals surface area (Å²) in [6.07, 6.45) is 0. The van der Waals surface area contributed by atoms with Crippen LogP contribution in [-0.2, 0) is 7.05 Å². The number of rotatable bonds is 5. The summed E-state index contributed by atoms with van der Waals surface area (Å²) in [6.45, 7) is 4.16. The Morgan fingerprint density at radius 3 is 2.40 bits per heavy atom. The van der Waals surface area contributed by atoms with Crippen molar-refractivity contribution in [3.8, 4) is 5.75 Å². The van der Waals surface area contributed by atoms with Crippen molar-refractivity contribution in [2.24, 2.45) is 13.0 Å². The molecule has 0 saturated heterocycles. The number of carbonyl (C=O) groups excluding carboxylic acids is 1. The molecule has 1 heterocycles. The van der Waals surface area contributed by atoms with E-state index < -0.39 is 0 Å². The van der Waals surface area contributed by atoms with Gasteiger partial charge in [0.1, 0.15) is 11.6 Å². The van der Waals surface area contributed by atoms with Gasteiger partial charge in [-0.1, -0.05) is 26.0 Å². The number of ether oxygens (including phenoxy) is 1. The number of carbonyl (C=O) groups is 1. The number of nitrogens with zero attached hydrogens (tertiary/aromatic N) is 2. The molecule has 3 rings (SSSR count). The van der Waals surface area contributed by atoms with Gasteiger partial charge in [-0.25, -0.2) is 4.98 Å². The average Bonchev–Trinajstić information content (AvgIpc) is 2.96. The minimum Gasteiger partial charge on any atom is -0.497 e. The van der Waals surface area contributed by atoms with E-state index in [1.165, 1.54) is 0 Å². The van der Waals surface area contributed by atoms with Crippen molar-refractivity contribution in [2.45, 2.75) is 19.9 Å². The topological polar surface area (TPSA) is 56.1 Å². The van der Waals surface area contributed by atoms with Crippen molar-refractivity contribution >= 4 is 16.9 Å². The Kier molecular flexibility index (Phi) is 4.74. The highest BCUT2D eigenvalue weighted by Gasteiger charge is 2.24. The average molecular weight is 337 g/mol. The lowest BCUT2D eigenvalue weighted by atomic mass is 10.0. The van der Waals surface area contributed by atoms with Crippen LogP contribution in [-0.4, -0.2) is 22.6 Å². The number of imidazole rings is 1. The first kappa shape index (κ1) is 17.0. The Labute approximate surface area is 147 Å². The lowest BCUT2D eigenvalue weighted by Crippen LogP contribution is -2.33. The molecule has 0 aliphatic carbocycles. The highest BCUT2D eigenvalue weighted by molar-refractivity contribution is 5.94. The summed E-state index contributed by atoms with van der Waals surface area (Å²) < 4.78 is 7.19. The molecule has 0 unspecified atom stereocenters. The summed E-state index contributed by atoms with van der Waals surface area (Å²) in [5.41, 5.74) is 2.59. The quantitative estimate of drug-likeness (QED) is 0.772. The number of aryl methyl sites for hydroxylation is 1. The number of benzene rings is 2. The fourth-order valence-corrected chi connectivity index (χ4v) is 2.94. The van der Waals surface area contributed by atoms with Gasteiger partial charge in [-0.2, -0.15) is 0 Å². The van der Waals surface area contributed by atoms with Gasteiger partial charge in [0.05, 0.1) is 24.2 Å². The molecular formula is C20H23N3O2. The van der Waals surface area contributed by atoms with Crippen LogP contribution in [0.3, 0.4) is 0 Å². The van der Waals surface area contributed by atoms with Crippen molar-refractivity contribution in [1.29, 1.82) is 0 Å². The number of hydrogen-bond acceptors (Lipinski definition) is 3. The molecule has 5 nitrogen and oxygen atoms in total. The van der Waals surface area contributed by atoms with Crippen LogP contribution in [0.15, 0.2) is 48.5 Å². The number of aromatic nitrogens is 2. The molecule has 1 aromatic heterocycles. The highest BCUT2D eigenvalue weighted by Crippen LogP contribution is 2.25. The molecule has 1 atom stereocenters. The fourth-order valence-electron chi connectivity index (χ4n) is 2.94. The first-order valence-electron chi connectivity index (χ1n) is 8.37. The van der Waals surface area contributed by atoms with E-state index >= 15 is 0 Å². The van der Waals surface area contributed by atoms with E-state index in [0.717, 1.165) is 22.6 Å². The second-order valence-corrected chi connectivity index (χ2v) is 6.44. The molecule has 2 aromatic carbocycles. The van der Waals surface area contributed by atoms with E-state index in [4.69, 9.17) is 9.72 Å². The maximum absolute atomic E-state index is 12.7. The third kappa shape index (κ3) is 3.36. The van der Waals surface area contributed by atoms with Gasteiger partial charge < -0.3 is 14.6 Å². The van der Waals surface area contributed by atoms with Gasteiger partial charge in [0.15, 0.2) is 0 Å². The van der Waals surface area contributed by atoms with Gasteiger partial charge in [-0.3, -0.25) is 4.79 Å². The van der Waals surface area contributed by atoms with Crippen LogP contribution in [0.25, 0.3) is 11.0 Å². The molecule has 0 saturated carbocycles. The Morgan fingerprint density at radius 2 is 1.80 bits per heavy atom. The van der Waals surface area contributed by atoms with Crippen LogP contribution in [0, 0.1) is 5.92 Å². The van der Waals surface area contributed by atoms with E-state index in [1.54, 1.807) is 31.4 Å². The minimum atomic E-state index is -0.174. The largest absolute Gasteiger partial charge is 0.497 e. The molecule has 5 heteroatoms. The third-order valence-electron chi connectivity index (χ3n) is 4.41. The van der Waals surface area contributed by atoms with Crippen molar-refractivity contribution in [3.63, 3.8) is 0 Å². The van der Waals surface area contributed by atoms with Crippen LogP contribution in [0.4, 0.5) is 0 Å². The molecule has 0 aliphatic heterocycles. The van der Waals surface area contributed by atoms with Crippen LogP contribution >= 0.6 is 0 Å². The predicted molar refractivity (Wildman–Crippen MR) is 98.8 cm³/mol. The van der Waals surface area contributed by atoms with Crippen molar-refractivity contribution in [2.75, 3.05) is 7.11 Å². The Hall–Kier alpha value is -2.82. The lowest BCUT2D eigenvalue weighted by Gasteiger charge is -2.22. The van der Waals surface area contributed by atoms with Crippen LogP contribution in [0.2, 0.25) is 0 Å². The number of hydrogen-bond donors (Lipinski definition) is 1. The first-order chi connectivity index (χ1) is 12.0. The molecule has 0 fully saturated rings. The molecule has 0 aliphatic rings.